The van der Waals surface area contributed by atoms with Crippen LogP contribution in [-0.4, -0.2) is 19.1 Å². The Morgan fingerprint density at radius 2 is 1.76 bits per heavy atom. The molecule has 0 saturated carbocycles. The second-order valence-corrected chi connectivity index (χ2v) is 7.14. The van der Waals surface area contributed by atoms with Gasteiger partial charge in [0.25, 0.3) is 0 Å². The molecule has 0 spiro atoms. The number of carbonyl (C=O) groups is 1. The van der Waals surface area contributed by atoms with Gasteiger partial charge < -0.3 is 15.8 Å². The molecule has 0 radical (unpaired) electrons. The first-order chi connectivity index (χ1) is 13.2. The monoisotopic (exact) mass is 428 g/mol. The van der Waals surface area contributed by atoms with Crippen LogP contribution in [-0.2, 0) is 27.7 Å². The third kappa shape index (κ3) is 5.10. The predicted octanol–water partition coefficient (Wildman–Crippen LogP) is 4.58. The summed E-state index contributed by atoms with van der Waals surface area (Å²) in [4.78, 5) is 13.3. The van der Waals surface area contributed by atoms with Gasteiger partial charge in [0.15, 0.2) is 0 Å². The summed E-state index contributed by atoms with van der Waals surface area (Å²) in [6, 6.07) is 11.1. The van der Waals surface area contributed by atoms with Crippen molar-refractivity contribution in [3.63, 3.8) is 0 Å². The van der Waals surface area contributed by atoms with Gasteiger partial charge in [-0.2, -0.15) is 13.2 Å². The number of nitrogens with two attached hydrogens (primary N) is 1. The van der Waals surface area contributed by atoms with Crippen LogP contribution >= 0.6 is 12.4 Å². The largest absolute Gasteiger partial charge is 0.416 e. The summed E-state index contributed by atoms with van der Waals surface area (Å²) in [5, 5.41) is 2.70. The van der Waals surface area contributed by atoms with Gasteiger partial charge in [-0.05, 0) is 49.1 Å². The number of nitrogens with one attached hydrogen (secondary N) is 1. The van der Waals surface area contributed by atoms with Crippen molar-refractivity contribution >= 4 is 24.0 Å². The summed E-state index contributed by atoms with van der Waals surface area (Å²) in [5.41, 5.74) is 6.17. The lowest BCUT2D eigenvalue weighted by Crippen LogP contribution is -2.44. The zero-order chi connectivity index (χ0) is 20.4. The Morgan fingerprint density at radius 1 is 1.14 bits per heavy atom. The molecule has 0 aromatic heterocycles. The minimum atomic E-state index is -4.52. The number of hydrogen-bond acceptors (Lipinski definition) is 3. The van der Waals surface area contributed by atoms with Crippen LogP contribution in [0.25, 0.3) is 0 Å². The van der Waals surface area contributed by atoms with E-state index in [1.807, 2.05) is 31.2 Å². The average molecular weight is 429 g/mol. The van der Waals surface area contributed by atoms with Gasteiger partial charge in [-0.3, -0.25) is 4.79 Å². The van der Waals surface area contributed by atoms with Crippen molar-refractivity contribution in [1.82, 2.24) is 0 Å². The molecule has 3 rings (SSSR count). The van der Waals surface area contributed by atoms with E-state index in [1.165, 1.54) is 6.07 Å². The maximum Gasteiger partial charge on any atom is 0.416 e. The molecule has 2 aromatic carbocycles. The molecule has 4 nitrogen and oxygen atoms in total. The molecule has 0 aliphatic carbocycles. The second-order valence-electron chi connectivity index (χ2n) is 7.14. The highest BCUT2D eigenvalue weighted by Crippen LogP contribution is 2.37. The van der Waals surface area contributed by atoms with Crippen LogP contribution in [0.2, 0.25) is 0 Å². The smallest absolute Gasteiger partial charge is 0.381 e. The third-order valence-electron chi connectivity index (χ3n) is 5.20. The molecule has 158 valence electrons. The molecule has 8 heteroatoms. The van der Waals surface area contributed by atoms with Crippen molar-refractivity contribution in [2.24, 2.45) is 5.73 Å². The van der Waals surface area contributed by atoms with Crippen LogP contribution in [0.1, 0.15) is 35.1 Å². The van der Waals surface area contributed by atoms with E-state index < -0.39 is 17.2 Å². The predicted molar refractivity (Wildman–Crippen MR) is 108 cm³/mol. The van der Waals surface area contributed by atoms with Gasteiger partial charge in [0.1, 0.15) is 0 Å². The fraction of sp³-hybridized carbons (Fsp3) is 0.381. The number of ether oxygens (including phenoxy) is 1. The van der Waals surface area contributed by atoms with E-state index in [1.54, 1.807) is 0 Å². The fourth-order valence-electron chi connectivity index (χ4n) is 3.54. The van der Waals surface area contributed by atoms with E-state index in [2.05, 4.69) is 5.32 Å². The second kappa shape index (κ2) is 9.15. The Balaban J connectivity index is 0.00000300. The van der Waals surface area contributed by atoms with E-state index in [0.29, 0.717) is 31.6 Å². The highest BCUT2D eigenvalue weighted by Gasteiger charge is 2.42. The van der Waals surface area contributed by atoms with Crippen LogP contribution in [0.15, 0.2) is 42.5 Å². The zero-order valence-corrected chi connectivity index (χ0v) is 16.8. The minimum absolute atomic E-state index is 0. The molecule has 1 heterocycles. The van der Waals surface area contributed by atoms with Crippen molar-refractivity contribution in [3.05, 3.63) is 64.7 Å². The number of amides is 1. The molecule has 0 atom stereocenters. The maximum atomic E-state index is 13.3. The summed E-state index contributed by atoms with van der Waals surface area (Å²) in [6.07, 6.45) is -3.59. The number of carbonyl (C=O) groups excluding carboxylic acids is 1. The lowest BCUT2D eigenvalue weighted by molar-refractivity contribution is -0.137. The van der Waals surface area contributed by atoms with Gasteiger partial charge in [0, 0.05) is 25.4 Å². The number of aryl methyl sites for hydroxylation is 1. The summed E-state index contributed by atoms with van der Waals surface area (Å²) in [5.74, 6) is -0.332. The van der Waals surface area contributed by atoms with Gasteiger partial charge in [0.2, 0.25) is 5.91 Å². The van der Waals surface area contributed by atoms with Crippen LogP contribution in [0.3, 0.4) is 0 Å². The molecule has 0 unspecified atom stereocenters. The van der Waals surface area contributed by atoms with E-state index in [-0.39, 0.29) is 30.5 Å². The molecule has 2 aromatic rings. The number of alkyl halides is 3. The molecular weight excluding hydrogens is 405 g/mol. The first-order valence-corrected chi connectivity index (χ1v) is 9.12. The van der Waals surface area contributed by atoms with Gasteiger partial charge in [-0.25, -0.2) is 0 Å². The maximum absolute atomic E-state index is 13.3. The van der Waals surface area contributed by atoms with Crippen molar-refractivity contribution in [3.8, 4) is 0 Å². The minimum Gasteiger partial charge on any atom is -0.381 e. The topological polar surface area (TPSA) is 64.4 Å². The summed E-state index contributed by atoms with van der Waals surface area (Å²) < 4.78 is 45.0. The van der Waals surface area contributed by atoms with Crippen molar-refractivity contribution in [1.29, 1.82) is 0 Å². The molecule has 1 amide bonds. The lowest BCUT2D eigenvalue weighted by atomic mass is 9.73. The van der Waals surface area contributed by atoms with Crippen molar-refractivity contribution in [2.75, 3.05) is 18.5 Å². The van der Waals surface area contributed by atoms with Crippen molar-refractivity contribution < 1.29 is 22.7 Å². The van der Waals surface area contributed by atoms with Crippen LogP contribution in [0, 0.1) is 6.92 Å². The van der Waals surface area contributed by atoms with Crippen LogP contribution in [0.5, 0.6) is 0 Å². The Hall–Kier alpha value is -2.09. The Bertz CT molecular complexity index is 848. The number of rotatable bonds is 4. The molecule has 0 bridgehead atoms. The van der Waals surface area contributed by atoms with Crippen LogP contribution in [0.4, 0.5) is 18.9 Å². The SMILES string of the molecule is Cc1ccc(C2(C(=O)Nc3cc(CN)cc(C(F)(F)F)c3)CCOCC2)cc1.Cl. The van der Waals surface area contributed by atoms with E-state index in [9.17, 15) is 18.0 Å². The quantitative estimate of drug-likeness (QED) is 0.749. The standard InChI is InChI=1S/C21H23F3N2O2.ClH/c1-14-2-4-16(5-3-14)20(6-8-28-9-7-20)19(27)26-18-11-15(13-25)10-17(12-18)21(22,23)24;/h2-5,10-12H,6-9,13,25H2,1H3,(H,26,27);1H. The van der Waals surface area contributed by atoms with Crippen LogP contribution < -0.4 is 11.1 Å². The molecule has 1 saturated heterocycles. The van der Waals surface area contributed by atoms with E-state index in [4.69, 9.17) is 10.5 Å². The summed E-state index contributed by atoms with van der Waals surface area (Å²) >= 11 is 0. The van der Waals surface area contributed by atoms with Gasteiger partial charge >= 0.3 is 6.18 Å². The Morgan fingerprint density at radius 3 is 2.31 bits per heavy atom. The third-order valence-corrected chi connectivity index (χ3v) is 5.20. The average Bonchev–Trinajstić information content (AvgIpc) is 2.68. The fourth-order valence-corrected chi connectivity index (χ4v) is 3.54. The Labute approximate surface area is 174 Å². The first kappa shape index (κ1) is 23.2. The summed E-state index contributed by atoms with van der Waals surface area (Å²) in [7, 11) is 0. The van der Waals surface area contributed by atoms with Crippen molar-refractivity contribution in [2.45, 2.75) is 37.9 Å². The highest BCUT2D eigenvalue weighted by molar-refractivity contribution is 5.99. The lowest BCUT2D eigenvalue weighted by Gasteiger charge is -2.36. The number of anilines is 1. The number of halogens is 4. The molecule has 1 aliphatic rings. The first-order valence-electron chi connectivity index (χ1n) is 9.12. The van der Waals surface area contributed by atoms with E-state index >= 15 is 0 Å². The summed E-state index contributed by atoms with van der Waals surface area (Å²) in [6.45, 7) is 2.73. The molecular formula is C21H24ClF3N2O2. The van der Waals surface area contributed by atoms with Gasteiger partial charge in [-0.15, -0.1) is 12.4 Å². The van der Waals surface area contributed by atoms with Gasteiger partial charge in [0.05, 0.1) is 11.0 Å². The number of benzene rings is 2. The van der Waals surface area contributed by atoms with E-state index in [0.717, 1.165) is 23.3 Å². The normalized spacial score (nSPS) is 16.0. The van der Waals surface area contributed by atoms with Gasteiger partial charge in [-0.1, -0.05) is 29.8 Å². The highest BCUT2D eigenvalue weighted by atomic mass is 35.5. The molecule has 29 heavy (non-hydrogen) atoms. The molecule has 1 fully saturated rings. The molecule has 3 N–H and O–H groups in total. The molecule has 1 aliphatic heterocycles. The zero-order valence-electron chi connectivity index (χ0n) is 16.0. The Kier molecular flexibility index (Phi) is 7.32. The number of hydrogen-bond donors (Lipinski definition) is 2.